The van der Waals surface area contributed by atoms with Crippen molar-refractivity contribution in [3.63, 3.8) is 0 Å². The molecule has 0 aliphatic rings. The lowest BCUT2D eigenvalue weighted by atomic mass is 10.1. The van der Waals surface area contributed by atoms with Gasteiger partial charge in [0.2, 0.25) is 0 Å². The summed E-state index contributed by atoms with van der Waals surface area (Å²) in [6.45, 7) is 5.74. The molecule has 3 aromatic rings. The molecule has 30 heavy (non-hydrogen) atoms. The van der Waals surface area contributed by atoms with Crippen LogP contribution in [-0.2, 0) is 10.0 Å². The molecule has 0 spiro atoms. The van der Waals surface area contributed by atoms with Crippen LogP contribution in [-0.4, -0.2) is 21.4 Å². The van der Waals surface area contributed by atoms with Gasteiger partial charge in [-0.25, -0.2) is 8.42 Å². The van der Waals surface area contributed by atoms with E-state index in [1.54, 1.807) is 30.3 Å². The van der Waals surface area contributed by atoms with Gasteiger partial charge in [-0.2, -0.15) is 0 Å². The Morgan fingerprint density at radius 3 is 2.17 bits per heavy atom. The van der Waals surface area contributed by atoms with E-state index in [4.69, 9.17) is 11.6 Å². The molecule has 0 radical (unpaired) electrons. The first kappa shape index (κ1) is 21.9. The van der Waals surface area contributed by atoms with Crippen molar-refractivity contribution >= 4 is 38.9 Å². The zero-order chi connectivity index (χ0) is 22.1. The molecule has 0 saturated carbocycles. The van der Waals surface area contributed by atoms with Gasteiger partial charge >= 0.3 is 0 Å². The van der Waals surface area contributed by atoms with E-state index in [-0.39, 0.29) is 21.4 Å². The van der Waals surface area contributed by atoms with Crippen molar-refractivity contribution in [3.05, 3.63) is 87.9 Å². The molecule has 0 heterocycles. The van der Waals surface area contributed by atoms with Crippen LogP contribution in [0.5, 0.6) is 0 Å². The molecule has 0 aliphatic heterocycles. The SMILES string of the molecule is Cc1ccc(S(=O)(=O)N(C)c2ccc(C(=O)Nc3cc(C)ccc3C)c(Cl)c2)cc1. The quantitative estimate of drug-likeness (QED) is 0.579. The molecule has 0 saturated heterocycles. The lowest BCUT2D eigenvalue weighted by Gasteiger charge is -2.20. The van der Waals surface area contributed by atoms with E-state index in [0.717, 1.165) is 21.0 Å². The summed E-state index contributed by atoms with van der Waals surface area (Å²) in [5.74, 6) is -0.357. The molecule has 0 fully saturated rings. The van der Waals surface area contributed by atoms with Crippen LogP contribution >= 0.6 is 11.6 Å². The highest BCUT2D eigenvalue weighted by Crippen LogP contribution is 2.28. The summed E-state index contributed by atoms with van der Waals surface area (Å²) in [6, 6.07) is 17.0. The molecule has 5 nitrogen and oxygen atoms in total. The predicted octanol–water partition coefficient (Wildman–Crippen LogP) is 5.34. The number of nitrogens with zero attached hydrogens (tertiary/aromatic N) is 1. The smallest absolute Gasteiger partial charge is 0.264 e. The highest BCUT2D eigenvalue weighted by atomic mass is 35.5. The zero-order valence-corrected chi connectivity index (χ0v) is 18.8. The average Bonchev–Trinajstić information content (AvgIpc) is 2.70. The molecule has 0 unspecified atom stereocenters. The lowest BCUT2D eigenvalue weighted by Crippen LogP contribution is -2.26. The topological polar surface area (TPSA) is 66.5 Å². The van der Waals surface area contributed by atoms with E-state index in [2.05, 4.69) is 5.32 Å². The summed E-state index contributed by atoms with van der Waals surface area (Å²) in [5, 5.41) is 3.03. The van der Waals surface area contributed by atoms with Crippen LogP contribution < -0.4 is 9.62 Å². The number of rotatable bonds is 5. The average molecular weight is 443 g/mol. The molecular formula is C23H23ClN2O3S. The van der Waals surface area contributed by atoms with E-state index in [1.165, 1.54) is 19.2 Å². The summed E-state index contributed by atoms with van der Waals surface area (Å²) in [5.41, 5.74) is 4.27. The van der Waals surface area contributed by atoms with E-state index in [1.807, 2.05) is 39.0 Å². The van der Waals surface area contributed by atoms with E-state index in [0.29, 0.717) is 11.4 Å². The molecular weight excluding hydrogens is 420 g/mol. The lowest BCUT2D eigenvalue weighted by molar-refractivity contribution is 0.102. The van der Waals surface area contributed by atoms with Gasteiger partial charge in [-0.1, -0.05) is 41.4 Å². The first-order chi connectivity index (χ1) is 14.1. The number of sulfonamides is 1. The largest absolute Gasteiger partial charge is 0.322 e. The van der Waals surface area contributed by atoms with Gasteiger partial charge in [0.1, 0.15) is 0 Å². The number of hydrogen-bond donors (Lipinski definition) is 1. The third-order valence-corrected chi connectivity index (χ3v) is 6.99. The second-order valence-electron chi connectivity index (χ2n) is 7.22. The molecule has 156 valence electrons. The second-order valence-corrected chi connectivity index (χ2v) is 9.60. The Kier molecular flexibility index (Phi) is 6.19. The van der Waals surface area contributed by atoms with Gasteiger partial charge in [0.05, 0.1) is 21.2 Å². The summed E-state index contributed by atoms with van der Waals surface area (Å²) in [7, 11) is -2.29. The Bertz CT molecular complexity index is 1210. The molecule has 3 aromatic carbocycles. The van der Waals surface area contributed by atoms with Crippen LogP contribution in [0.4, 0.5) is 11.4 Å². The van der Waals surface area contributed by atoms with E-state index in [9.17, 15) is 13.2 Å². The van der Waals surface area contributed by atoms with Gasteiger partial charge in [-0.15, -0.1) is 0 Å². The Labute approximate surface area is 182 Å². The normalized spacial score (nSPS) is 11.2. The maximum Gasteiger partial charge on any atom is 0.264 e. The van der Waals surface area contributed by atoms with Gasteiger partial charge in [0.25, 0.3) is 15.9 Å². The van der Waals surface area contributed by atoms with Gasteiger partial charge in [-0.05, 0) is 68.3 Å². The molecule has 0 aromatic heterocycles. The number of amides is 1. The highest BCUT2D eigenvalue weighted by Gasteiger charge is 2.22. The maximum atomic E-state index is 12.9. The number of halogens is 1. The van der Waals surface area contributed by atoms with Crippen LogP contribution in [0.25, 0.3) is 0 Å². The number of carbonyl (C=O) groups excluding carboxylic acids is 1. The molecule has 1 N–H and O–H groups in total. The van der Waals surface area contributed by atoms with Crippen LogP contribution in [0.15, 0.2) is 65.6 Å². The third-order valence-electron chi connectivity index (χ3n) is 4.88. The van der Waals surface area contributed by atoms with Crippen molar-refractivity contribution in [1.29, 1.82) is 0 Å². The van der Waals surface area contributed by atoms with E-state index < -0.39 is 10.0 Å². The minimum atomic E-state index is -3.74. The number of aryl methyl sites for hydroxylation is 3. The van der Waals surface area contributed by atoms with Crippen LogP contribution in [0.3, 0.4) is 0 Å². The third kappa shape index (κ3) is 4.50. The Morgan fingerprint density at radius 1 is 0.900 bits per heavy atom. The number of benzene rings is 3. The van der Waals surface area contributed by atoms with Crippen molar-refractivity contribution in [2.75, 3.05) is 16.7 Å². The highest BCUT2D eigenvalue weighted by molar-refractivity contribution is 7.92. The number of anilines is 2. The molecule has 1 amide bonds. The van der Waals surface area contributed by atoms with E-state index >= 15 is 0 Å². The molecule has 3 rings (SSSR count). The molecule has 0 atom stereocenters. The Hall–Kier alpha value is -2.83. The second kappa shape index (κ2) is 8.50. The van der Waals surface area contributed by atoms with Gasteiger partial charge in [-0.3, -0.25) is 9.10 Å². The summed E-state index contributed by atoms with van der Waals surface area (Å²) in [6.07, 6.45) is 0. The van der Waals surface area contributed by atoms with Gasteiger partial charge < -0.3 is 5.32 Å². The van der Waals surface area contributed by atoms with Crippen LogP contribution in [0.2, 0.25) is 5.02 Å². The number of carbonyl (C=O) groups is 1. The van der Waals surface area contributed by atoms with Crippen molar-refractivity contribution in [2.24, 2.45) is 0 Å². The zero-order valence-electron chi connectivity index (χ0n) is 17.2. The van der Waals surface area contributed by atoms with Crippen LogP contribution in [0.1, 0.15) is 27.0 Å². The monoisotopic (exact) mass is 442 g/mol. The van der Waals surface area contributed by atoms with Crippen molar-refractivity contribution in [3.8, 4) is 0 Å². The molecule has 0 bridgehead atoms. The summed E-state index contributed by atoms with van der Waals surface area (Å²) in [4.78, 5) is 12.9. The molecule has 7 heteroatoms. The predicted molar refractivity (Wildman–Crippen MR) is 122 cm³/mol. The fourth-order valence-electron chi connectivity index (χ4n) is 2.95. The summed E-state index contributed by atoms with van der Waals surface area (Å²) >= 11 is 6.34. The van der Waals surface area contributed by atoms with Crippen molar-refractivity contribution < 1.29 is 13.2 Å². The molecule has 0 aliphatic carbocycles. The van der Waals surface area contributed by atoms with Crippen molar-refractivity contribution in [2.45, 2.75) is 25.7 Å². The maximum absolute atomic E-state index is 12.9. The number of hydrogen-bond acceptors (Lipinski definition) is 3. The summed E-state index contributed by atoms with van der Waals surface area (Å²) < 4.78 is 26.9. The van der Waals surface area contributed by atoms with Gasteiger partial charge in [0.15, 0.2) is 0 Å². The Balaban J connectivity index is 1.86. The number of nitrogens with one attached hydrogen (secondary N) is 1. The minimum Gasteiger partial charge on any atom is -0.322 e. The standard InChI is InChI=1S/C23H23ClN2O3S/c1-15-6-10-19(11-7-15)30(28,29)26(4)18-9-12-20(21(24)14-18)23(27)25-22-13-16(2)5-8-17(22)3/h5-14H,1-4H3,(H,25,27). The van der Waals surface area contributed by atoms with Crippen LogP contribution in [0, 0.1) is 20.8 Å². The van der Waals surface area contributed by atoms with Crippen molar-refractivity contribution in [1.82, 2.24) is 0 Å². The van der Waals surface area contributed by atoms with Gasteiger partial charge in [0, 0.05) is 12.7 Å². The minimum absolute atomic E-state index is 0.168. The Morgan fingerprint density at radius 2 is 1.53 bits per heavy atom. The first-order valence-corrected chi connectivity index (χ1v) is 11.1. The fourth-order valence-corrected chi connectivity index (χ4v) is 4.40. The fraction of sp³-hybridized carbons (Fsp3) is 0.174. The first-order valence-electron chi connectivity index (χ1n) is 9.33.